The number of hydrogen-bond donors (Lipinski definition) is 1. The molecule has 1 aromatic carbocycles. The van der Waals surface area contributed by atoms with E-state index in [9.17, 15) is 21.2 Å². The summed E-state index contributed by atoms with van der Waals surface area (Å²) in [4.78, 5) is 0. The molecule has 5 nitrogen and oxygen atoms in total. The smallest absolute Gasteiger partial charge is 0.235 e. The molecule has 0 atom stereocenters. The molecule has 19 heavy (non-hydrogen) atoms. The molecule has 0 aliphatic carbocycles. The number of sulfonamides is 1. The number of anilines is 1. The third kappa shape index (κ3) is 3.66. The first kappa shape index (κ1) is 14.3. The van der Waals surface area contributed by atoms with Crippen molar-refractivity contribution in [3.8, 4) is 0 Å². The number of hydrogen-bond acceptors (Lipinski definition) is 4. The van der Waals surface area contributed by atoms with Crippen molar-refractivity contribution >= 4 is 25.5 Å². The summed E-state index contributed by atoms with van der Waals surface area (Å²) in [6, 6.07) is 5.14. The third-order valence-electron chi connectivity index (χ3n) is 3.03. The van der Waals surface area contributed by atoms with Crippen molar-refractivity contribution in [2.24, 2.45) is 0 Å². The predicted octanol–water partition coefficient (Wildman–Crippen LogP) is 1.14. The average molecular weight is 307 g/mol. The summed E-state index contributed by atoms with van der Waals surface area (Å²) >= 11 is 0. The van der Waals surface area contributed by atoms with Crippen LogP contribution in [0.3, 0.4) is 0 Å². The van der Waals surface area contributed by atoms with Gasteiger partial charge in [-0.1, -0.05) is 6.07 Å². The van der Waals surface area contributed by atoms with E-state index in [1.807, 2.05) is 0 Å². The van der Waals surface area contributed by atoms with E-state index in [2.05, 4.69) is 4.72 Å². The van der Waals surface area contributed by atoms with Gasteiger partial charge in [0.05, 0.1) is 22.4 Å². The summed E-state index contributed by atoms with van der Waals surface area (Å²) in [6.45, 7) is 0. The standard InChI is InChI=1S/C11H14FNO4S2/c12-9-2-1-3-10(8-9)13-19(16,17)11-4-6-18(14,15)7-5-11/h1-3,8,11,13H,4-7H2. The van der Waals surface area contributed by atoms with Crippen LogP contribution in [0.2, 0.25) is 0 Å². The molecule has 0 radical (unpaired) electrons. The second kappa shape index (κ2) is 5.09. The molecule has 1 fully saturated rings. The van der Waals surface area contributed by atoms with E-state index < -0.39 is 30.9 Å². The zero-order valence-electron chi connectivity index (χ0n) is 10.0. The average Bonchev–Trinajstić information content (AvgIpc) is 2.27. The highest BCUT2D eigenvalue weighted by atomic mass is 32.2. The van der Waals surface area contributed by atoms with Gasteiger partial charge in [0, 0.05) is 0 Å². The largest absolute Gasteiger partial charge is 0.283 e. The van der Waals surface area contributed by atoms with E-state index in [0.717, 1.165) is 6.07 Å². The van der Waals surface area contributed by atoms with E-state index in [1.165, 1.54) is 18.2 Å². The van der Waals surface area contributed by atoms with Crippen LogP contribution in [-0.2, 0) is 19.9 Å². The lowest BCUT2D eigenvalue weighted by molar-refractivity contribution is 0.555. The van der Waals surface area contributed by atoms with E-state index in [1.54, 1.807) is 0 Å². The topological polar surface area (TPSA) is 80.3 Å². The first-order valence-corrected chi connectivity index (χ1v) is 9.13. The van der Waals surface area contributed by atoms with E-state index in [-0.39, 0.29) is 30.0 Å². The van der Waals surface area contributed by atoms with E-state index >= 15 is 0 Å². The minimum Gasteiger partial charge on any atom is -0.283 e. The zero-order chi connectivity index (χ0) is 14.1. The van der Waals surface area contributed by atoms with Gasteiger partial charge in [-0.05, 0) is 31.0 Å². The predicted molar refractivity (Wildman–Crippen MR) is 70.6 cm³/mol. The molecule has 1 N–H and O–H groups in total. The second-order valence-corrected chi connectivity index (χ2v) is 8.77. The summed E-state index contributed by atoms with van der Waals surface area (Å²) in [7, 11) is -6.79. The van der Waals surface area contributed by atoms with Crippen LogP contribution in [0.15, 0.2) is 24.3 Å². The highest BCUT2D eigenvalue weighted by Gasteiger charge is 2.32. The van der Waals surface area contributed by atoms with Crippen LogP contribution in [0.5, 0.6) is 0 Å². The van der Waals surface area contributed by atoms with Gasteiger partial charge in [-0.2, -0.15) is 0 Å². The molecule has 0 spiro atoms. The van der Waals surface area contributed by atoms with E-state index in [4.69, 9.17) is 0 Å². The van der Waals surface area contributed by atoms with Crippen molar-refractivity contribution < 1.29 is 21.2 Å². The van der Waals surface area contributed by atoms with Crippen molar-refractivity contribution in [2.45, 2.75) is 18.1 Å². The fourth-order valence-corrected chi connectivity index (χ4v) is 5.25. The Kier molecular flexibility index (Phi) is 3.82. The van der Waals surface area contributed by atoms with Gasteiger partial charge >= 0.3 is 0 Å². The van der Waals surface area contributed by atoms with E-state index in [0.29, 0.717) is 0 Å². The highest BCUT2D eigenvalue weighted by Crippen LogP contribution is 2.22. The maximum absolute atomic E-state index is 13.0. The molecule has 0 unspecified atom stereocenters. The van der Waals surface area contributed by atoms with Gasteiger partial charge in [-0.15, -0.1) is 0 Å². The third-order valence-corrected chi connectivity index (χ3v) is 6.61. The summed E-state index contributed by atoms with van der Waals surface area (Å²) in [5, 5.41) is -0.751. The minimum absolute atomic E-state index is 0.0764. The Hall–Kier alpha value is -1.15. The number of nitrogens with one attached hydrogen (secondary N) is 1. The Labute approximate surface area is 111 Å². The van der Waals surface area contributed by atoms with Crippen LogP contribution in [0.25, 0.3) is 0 Å². The monoisotopic (exact) mass is 307 g/mol. The van der Waals surface area contributed by atoms with Crippen LogP contribution in [0.1, 0.15) is 12.8 Å². The van der Waals surface area contributed by atoms with Crippen molar-refractivity contribution in [1.29, 1.82) is 0 Å². The SMILES string of the molecule is O=S1(=O)CCC(S(=O)(=O)Nc2cccc(F)c2)CC1. The molecule has 8 heteroatoms. The Morgan fingerprint density at radius 2 is 1.84 bits per heavy atom. The molecule has 1 aliphatic rings. The molecule has 1 heterocycles. The Morgan fingerprint density at radius 3 is 2.42 bits per heavy atom. The first-order chi connectivity index (χ1) is 8.78. The van der Waals surface area contributed by atoms with Crippen molar-refractivity contribution in [3.05, 3.63) is 30.1 Å². The number of rotatable bonds is 3. The first-order valence-electron chi connectivity index (χ1n) is 5.76. The normalized spacial score (nSPS) is 20.1. The lowest BCUT2D eigenvalue weighted by Gasteiger charge is -2.22. The van der Waals surface area contributed by atoms with Gasteiger partial charge in [0.1, 0.15) is 15.7 Å². The summed E-state index contributed by atoms with van der Waals surface area (Å²) in [5.74, 6) is -0.782. The van der Waals surface area contributed by atoms with Crippen molar-refractivity contribution in [2.75, 3.05) is 16.2 Å². The molecular weight excluding hydrogens is 293 g/mol. The van der Waals surface area contributed by atoms with Crippen LogP contribution in [-0.4, -0.2) is 33.6 Å². The summed E-state index contributed by atoms with van der Waals surface area (Å²) < 4.78 is 61.9. The van der Waals surface area contributed by atoms with Gasteiger partial charge in [-0.25, -0.2) is 21.2 Å². The second-order valence-electron chi connectivity index (χ2n) is 4.51. The summed E-state index contributed by atoms with van der Waals surface area (Å²) in [5.41, 5.74) is 0.147. The quantitative estimate of drug-likeness (QED) is 0.908. The van der Waals surface area contributed by atoms with Crippen LogP contribution < -0.4 is 4.72 Å². The summed E-state index contributed by atoms with van der Waals surface area (Å²) in [6.07, 6.45) is 0.153. The maximum atomic E-state index is 13.0. The fraction of sp³-hybridized carbons (Fsp3) is 0.455. The van der Waals surface area contributed by atoms with Crippen molar-refractivity contribution in [3.63, 3.8) is 0 Å². The Bertz CT molecular complexity index is 656. The molecule has 0 amide bonds. The molecule has 1 aliphatic heterocycles. The van der Waals surface area contributed by atoms with Gasteiger partial charge in [-0.3, -0.25) is 4.72 Å². The number of benzene rings is 1. The molecule has 2 rings (SSSR count). The highest BCUT2D eigenvalue weighted by molar-refractivity contribution is 7.94. The van der Waals surface area contributed by atoms with Crippen molar-refractivity contribution in [1.82, 2.24) is 0 Å². The van der Waals surface area contributed by atoms with Gasteiger partial charge in [0.2, 0.25) is 10.0 Å². The molecule has 0 aromatic heterocycles. The minimum atomic E-state index is -3.68. The van der Waals surface area contributed by atoms with Gasteiger partial charge < -0.3 is 0 Å². The molecular formula is C11H14FNO4S2. The molecule has 0 bridgehead atoms. The van der Waals surface area contributed by atoms with Crippen LogP contribution in [0.4, 0.5) is 10.1 Å². The van der Waals surface area contributed by atoms with Gasteiger partial charge in [0.25, 0.3) is 0 Å². The van der Waals surface area contributed by atoms with Gasteiger partial charge in [0.15, 0.2) is 0 Å². The van der Waals surface area contributed by atoms with Crippen LogP contribution >= 0.6 is 0 Å². The number of halogens is 1. The Morgan fingerprint density at radius 1 is 1.21 bits per heavy atom. The molecule has 106 valence electrons. The lowest BCUT2D eigenvalue weighted by atomic mass is 10.2. The molecule has 0 saturated carbocycles. The maximum Gasteiger partial charge on any atom is 0.235 e. The Balaban J connectivity index is 2.11. The lowest BCUT2D eigenvalue weighted by Crippen LogP contribution is -2.36. The number of sulfone groups is 1. The zero-order valence-corrected chi connectivity index (χ0v) is 11.7. The van der Waals surface area contributed by atoms with Crippen LogP contribution in [0, 0.1) is 5.82 Å². The molecule has 1 saturated heterocycles. The fourth-order valence-electron chi connectivity index (χ4n) is 1.98. The molecule has 1 aromatic rings.